The molecule has 10 heavy (non-hydrogen) atoms. The molecule has 0 radical (unpaired) electrons. The molecule has 0 rings (SSSR count). The van der Waals surface area contributed by atoms with Crippen molar-refractivity contribution in [3.8, 4) is 9.85 Å². The van der Waals surface area contributed by atoms with Crippen molar-refractivity contribution >= 4 is 30.4 Å². The van der Waals surface area contributed by atoms with E-state index in [0.717, 1.165) is 0 Å². The van der Waals surface area contributed by atoms with Crippen LogP contribution in [0.4, 0.5) is 0 Å². The smallest absolute Gasteiger partial charge is 0.303 e. The van der Waals surface area contributed by atoms with E-state index in [4.69, 9.17) is 19.2 Å². The molecule has 0 saturated heterocycles. The van der Waals surface area contributed by atoms with E-state index in [0.29, 0.717) is 0 Å². The van der Waals surface area contributed by atoms with Crippen molar-refractivity contribution < 1.29 is 48.8 Å². The molecule has 0 aliphatic rings. The third kappa shape index (κ3) is 123. The van der Waals surface area contributed by atoms with Crippen LogP contribution in [0.15, 0.2) is 0 Å². The minimum Gasteiger partial charge on any atom is -0.303 e. The molecule has 0 aliphatic heterocycles. The van der Waals surface area contributed by atoms with Gasteiger partial charge in [-0.3, -0.25) is 9.85 Å². The molecule has 0 aromatic rings. The fourth-order valence-electron chi connectivity index (χ4n) is 0. The van der Waals surface area contributed by atoms with Crippen LogP contribution in [0.1, 0.15) is 0 Å². The van der Waals surface area contributed by atoms with Gasteiger partial charge < -0.3 is 14.7 Å². The summed E-state index contributed by atoms with van der Waals surface area (Å²) < 4.78 is 11.4. The second kappa shape index (κ2) is 10.3. The van der Waals surface area contributed by atoms with Gasteiger partial charge in [0.25, 0.3) is 0 Å². The molecule has 0 aromatic heterocycles. The van der Waals surface area contributed by atoms with Gasteiger partial charge in [0.15, 0.2) is 0 Å². The topological polar surface area (TPSA) is 77.8 Å². The van der Waals surface area contributed by atoms with Crippen LogP contribution in [0, 0.1) is 16.8 Å². The summed E-state index contributed by atoms with van der Waals surface area (Å²) in [5, 5.41) is 0. The maximum absolute atomic E-state index is 8.88. The standard InChI is InChI=1S/C3H2I.Na.H3O4P/c1-2-3-4;;1-5(2,3)4/h1H2;;(H3,1,2,3,4)/q-1;+1;. The molecule has 7 heteroatoms. The first-order valence-electron chi connectivity index (χ1n) is 1.58. The molecule has 0 heterocycles. The van der Waals surface area contributed by atoms with Crippen LogP contribution in [0.2, 0.25) is 0 Å². The Labute approximate surface area is 95.1 Å². The van der Waals surface area contributed by atoms with Crippen LogP contribution in [0.3, 0.4) is 0 Å². The molecule has 0 fully saturated rings. The van der Waals surface area contributed by atoms with Gasteiger partial charge in [-0.2, -0.15) is 6.92 Å². The first-order chi connectivity index (χ1) is 3.91. The Hall–Kier alpha value is 1.27. The van der Waals surface area contributed by atoms with E-state index < -0.39 is 7.82 Å². The Morgan fingerprint density at radius 3 is 1.50 bits per heavy atom. The Morgan fingerprint density at radius 1 is 1.40 bits per heavy atom. The predicted octanol–water partition coefficient (Wildman–Crippen LogP) is -2.71. The van der Waals surface area contributed by atoms with Crippen molar-refractivity contribution in [1.29, 1.82) is 0 Å². The zero-order valence-corrected chi connectivity index (χ0v) is 10.3. The second-order valence-corrected chi connectivity index (χ2v) is 2.35. The molecule has 54 valence electrons. The average Bonchev–Trinajstić information content (AvgIpc) is 1.61. The van der Waals surface area contributed by atoms with Crippen molar-refractivity contribution in [3.05, 3.63) is 6.92 Å². The third-order valence-electron chi connectivity index (χ3n) is 0.0668. The average molecular weight is 286 g/mol. The van der Waals surface area contributed by atoms with Crippen molar-refractivity contribution in [3.63, 3.8) is 0 Å². The minimum absolute atomic E-state index is 0. The molecule has 4 nitrogen and oxygen atoms in total. The van der Waals surface area contributed by atoms with Gasteiger partial charge >= 0.3 is 37.4 Å². The molecule has 0 atom stereocenters. The Bertz CT molecular complexity index is 141. The molecule has 0 amide bonds. The Kier molecular flexibility index (Phi) is 17.8. The SMILES string of the molecule is O=P(O)(O)O.[CH2-]C#CI.[Na+]. The number of hydrogen-bond donors (Lipinski definition) is 3. The van der Waals surface area contributed by atoms with Crippen molar-refractivity contribution in [1.82, 2.24) is 0 Å². The zero-order chi connectivity index (χ0) is 7.91. The third-order valence-corrected chi connectivity index (χ3v) is 0.448. The number of phosphoric acid groups is 1. The van der Waals surface area contributed by atoms with Crippen LogP contribution < -0.4 is 29.6 Å². The van der Waals surface area contributed by atoms with E-state index in [-0.39, 0.29) is 29.6 Å². The first kappa shape index (κ1) is 17.4. The fraction of sp³-hybridized carbons (Fsp3) is 0. The van der Waals surface area contributed by atoms with Gasteiger partial charge in [-0.05, 0) is 0 Å². The van der Waals surface area contributed by atoms with E-state index >= 15 is 0 Å². The summed E-state index contributed by atoms with van der Waals surface area (Å²) in [6.07, 6.45) is 0. The maximum Gasteiger partial charge on any atom is 1.00 e. The van der Waals surface area contributed by atoms with E-state index in [9.17, 15) is 0 Å². The summed E-state index contributed by atoms with van der Waals surface area (Å²) >= 11 is 1.93. The number of rotatable bonds is 0. The molecule has 0 saturated carbocycles. The quantitative estimate of drug-likeness (QED) is 0.149. The van der Waals surface area contributed by atoms with Crippen LogP contribution in [0.5, 0.6) is 0 Å². The first-order valence-corrected chi connectivity index (χ1v) is 4.22. The molecule has 3 N–H and O–H groups in total. The predicted molar refractivity (Wildman–Crippen MR) is 41.4 cm³/mol. The molecule has 0 aromatic carbocycles. The van der Waals surface area contributed by atoms with Gasteiger partial charge in [0.1, 0.15) is 0 Å². The minimum atomic E-state index is -4.64. The zero-order valence-electron chi connectivity index (χ0n) is 5.28. The van der Waals surface area contributed by atoms with E-state index in [2.05, 4.69) is 16.8 Å². The van der Waals surface area contributed by atoms with Crippen molar-refractivity contribution in [2.75, 3.05) is 0 Å². The summed E-state index contributed by atoms with van der Waals surface area (Å²) in [6.45, 7) is 3.24. The van der Waals surface area contributed by atoms with Gasteiger partial charge in [0.05, 0.1) is 0 Å². The second-order valence-electron chi connectivity index (χ2n) is 0.785. The van der Waals surface area contributed by atoms with Gasteiger partial charge in [-0.25, -0.2) is 4.57 Å². The molecule has 0 spiro atoms. The normalized spacial score (nSPS) is 7.20. The van der Waals surface area contributed by atoms with Crippen LogP contribution in [-0.2, 0) is 4.57 Å². The fourth-order valence-corrected chi connectivity index (χ4v) is 0. The van der Waals surface area contributed by atoms with Gasteiger partial charge in [-0.15, -0.1) is 22.6 Å². The van der Waals surface area contributed by atoms with E-state index in [1.165, 1.54) is 0 Å². The monoisotopic (exact) mass is 286 g/mol. The Morgan fingerprint density at radius 2 is 1.50 bits per heavy atom. The van der Waals surface area contributed by atoms with Crippen molar-refractivity contribution in [2.45, 2.75) is 0 Å². The molecular formula is C3H5INaO4P. The molecule has 0 unspecified atom stereocenters. The van der Waals surface area contributed by atoms with Crippen LogP contribution in [0.25, 0.3) is 0 Å². The van der Waals surface area contributed by atoms with Crippen LogP contribution in [-0.4, -0.2) is 14.7 Å². The van der Waals surface area contributed by atoms with Gasteiger partial charge in [0, 0.05) is 0 Å². The number of halogens is 1. The summed E-state index contributed by atoms with van der Waals surface area (Å²) in [4.78, 5) is 21.6. The molecular weight excluding hydrogens is 281 g/mol. The van der Waals surface area contributed by atoms with E-state index in [1.807, 2.05) is 22.6 Å². The summed E-state index contributed by atoms with van der Waals surface area (Å²) in [6, 6.07) is 0. The van der Waals surface area contributed by atoms with Crippen molar-refractivity contribution in [2.24, 2.45) is 0 Å². The van der Waals surface area contributed by atoms with Crippen LogP contribution >= 0.6 is 30.4 Å². The summed E-state index contributed by atoms with van der Waals surface area (Å²) in [5.74, 6) is 2.42. The number of hydrogen-bond acceptors (Lipinski definition) is 1. The summed E-state index contributed by atoms with van der Waals surface area (Å²) in [5.41, 5.74) is 0. The largest absolute Gasteiger partial charge is 1.00 e. The molecule has 0 bridgehead atoms. The van der Waals surface area contributed by atoms with Gasteiger partial charge in [0.2, 0.25) is 0 Å². The van der Waals surface area contributed by atoms with E-state index in [1.54, 1.807) is 0 Å². The maximum atomic E-state index is 8.88. The Balaban J connectivity index is -0.0000000910. The van der Waals surface area contributed by atoms with Gasteiger partial charge in [-0.1, -0.05) is 0 Å². The summed E-state index contributed by atoms with van der Waals surface area (Å²) in [7, 11) is -4.64. The molecule has 0 aliphatic carbocycles.